The molecular formula is C17H22N2O3. The first kappa shape index (κ1) is 14.9. The molecule has 2 aliphatic rings. The predicted molar refractivity (Wildman–Crippen MR) is 82.4 cm³/mol. The van der Waals surface area contributed by atoms with Crippen molar-refractivity contribution < 1.29 is 14.7 Å². The average Bonchev–Trinajstić information content (AvgIpc) is 3.33. The van der Waals surface area contributed by atoms with Crippen molar-refractivity contribution in [1.29, 1.82) is 0 Å². The molecule has 1 saturated heterocycles. The van der Waals surface area contributed by atoms with Crippen LogP contribution in [0.3, 0.4) is 0 Å². The van der Waals surface area contributed by atoms with Gasteiger partial charge in [0.25, 0.3) is 0 Å². The minimum atomic E-state index is -0.981. The summed E-state index contributed by atoms with van der Waals surface area (Å²) in [6.45, 7) is 0.490. The molecule has 0 spiro atoms. The zero-order valence-electron chi connectivity index (χ0n) is 12.6. The molecule has 0 aromatic heterocycles. The van der Waals surface area contributed by atoms with Crippen LogP contribution in [0, 0.1) is 5.92 Å². The number of benzene rings is 1. The zero-order valence-corrected chi connectivity index (χ0v) is 12.6. The van der Waals surface area contributed by atoms with E-state index in [1.165, 1.54) is 4.90 Å². The van der Waals surface area contributed by atoms with E-state index in [0.717, 1.165) is 31.2 Å². The second-order valence-corrected chi connectivity index (χ2v) is 6.30. The first-order chi connectivity index (χ1) is 10.6. The van der Waals surface area contributed by atoms with E-state index in [1.54, 1.807) is 0 Å². The van der Waals surface area contributed by atoms with Gasteiger partial charge in [0.1, 0.15) is 6.04 Å². The van der Waals surface area contributed by atoms with Crippen molar-refractivity contribution in [3.63, 3.8) is 0 Å². The van der Waals surface area contributed by atoms with Gasteiger partial charge in [0.05, 0.1) is 6.04 Å². The van der Waals surface area contributed by atoms with Gasteiger partial charge in [-0.3, -0.25) is 9.69 Å². The van der Waals surface area contributed by atoms with Crippen molar-refractivity contribution in [3.8, 4) is 0 Å². The second kappa shape index (κ2) is 6.38. The largest absolute Gasteiger partial charge is 0.465 e. The maximum absolute atomic E-state index is 12.5. The highest BCUT2D eigenvalue weighted by molar-refractivity contribution is 5.85. The Morgan fingerprint density at radius 3 is 2.55 bits per heavy atom. The summed E-state index contributed by atoms with van der Waals surface area (Å²) in [5.41, 5.74) is 1.08. The monoisotopic (exact) mass is 302 g/mol. The summed E-state index contributed by atoms with van der Waals surface area (Å²) >= 11 is 0. The number of amides is 2. The van der Waals surface area contributed by atoms with Crippen molar-refractivity contribution in [3.05, 3.63) is 35.9 Å². The van der Waals surface area contributed by atoms with E-state index < -0.39 is 12.1 Å². The molecular weight excluding hydrogens is 280 g/mol. The SMILES string of the molecule is O=C1N[C@@H](c2ccccc2)CCC[C@H]1N(CC1CC1)C(=O)O. The third kappa shape index (κ3) is 3.40. The molecule has 2 N–H and O–H groups in total. The quantitative estimate of drug-likeness (QED) is 0.898. The lowest BCUT2D eigenvalue weighted by Crippen LogP contribution is -2.49. The summed E-state index contributed by atoms with van der Waals surface area (Å²) in [5, 5.41) is 12.5. The van der Waals surface area contributed by atoms with Crippen LogP contribution >= 0.6 is 0 Å². The molecule has 5 nitrogen and oxygen atoms in total. The van der Waals surface area contributed by atoms with Crippen LogP contribution in [0.2, 0.25) is 0 Å². The smallest absolute Gasteiger partial charge is 0.407 e. The van der Waals surface area contributed by atoms with E-state index in [-0.39, 0.29) is 11.9 Å². The molecule has 2 fully saturated rings. The Labute approximate surface area is 130 Å². The van der Waals surface area contributed by atoms with Crippen LogP contribution in [0.25, 0.3) is 0 Å². The molecule has 0 unspecified atom stereocenters. The number of nitrogens with zero attached hydrogens (tertiary/aromatic N) is 1. The van der Waals surface area contributed by atoms with Crippen LogP contribution in [0.15, 0.2) is 30.3 Å². The van der Waals surface area contributed by atoms with Gasteiger partial charge >= 0.3 is 6.09 Å². The summed E-state index contributed by atoms with van der Waals surface area (Å²) in [7, 11) is 0. The van der Waals surface area contributed by atoms with Gasteiger partial charge in [0.15, 0.2) is 0 Å². The summed E-state index contributed by atoms with van der Waals surface area (Å²) in [6, 6.07) is 9.31. The highest BCUT2D eigenvalue weighted by atomic mass is 16.4. The third-order valence-electron chi connectivity index (χ3n) is 4.57. The van der Waals surface area contributed by atoms with Gasteiger partial charge in [0, 0.05) is 6.54 Å². The van der Waals surface area contributed by atoms with Gasteiger partial charge in [0.2, 0.25) is 5.91 Å². The van der Waals surface area contributed by atoms with Gasteiger partial charge in [-0.05, 0) is 43.6 Å². The Morgan fingerprint density at radius 1 is 1.18 bits per heavy atom. The highest BCUT2D eigenvalue weighted by Gasteiger charge is 2.36. The Morgan fingerprint density at radius 2 is 1.91 bits per heavy atom. The molecule has 1 aliphatic carbocycles. The first-order valence-electron chi connectivity index (χ1n) is 8.00. The summed E-state index contributed by atoms with van der Waals surface area (Å²) in [4.78, 5) is 25.4. The van der Waals surface area contributed by atoms with E-state index >= 15 is 0 Å². The lowest BCUT2D eigenvalue weighted by atomic mass is 10.0. The molecule has 1 aromatic rings. The Bertz CT molecular complexity index is 542. The van der Waals surface area contributed by atoms with Gasteiger partial charge in [-0.25, -0.2) is 4.79 Å². The van der Waals surface area contributed by atoms with Gasteiger partial charge in [-0.2, -0.15) is 0 Å². The number of nitrogens with one attached hydrogen (secondary N) is 1. The highest BCUT2D eigenvalue weighted by Crippen LogP contribution is 2.32. The van der Waals surface area contributed by atoms with E-state index in [4.69, 9.17) is 0 Å². The maximum atomic E-state index is 12.5. The van der Waals surface area contributed by atoms with Gasteiger partial charge in [-0.15, -0.1) is 0 Å². The van der Waals surface area contributed by atoms with Crippen molar-refractivity contribution >= 4 is 12.0 Å². The molecule has 1 heterocycles. The number of carbonyl (C=O) groups is 2. The fourth-order valence-corrected chi connectivity index (χ4v) is 3.14. The van der Waals surface area contributed by atoms with E-state index in [1.807, 2.05) is 30.3 Å². The first-order valence-corrected chi connectivity index (χ1v) is 8.00. The van der Waals surface area contributed by atoms with Crippen LogP contribution in [-0.2, 0) is 4.79 Å². The van der Waals surface area contributed by atoms with Crippen molar-refractivity contribution in [2.24, 2.45) is 5.92 Å². The number of rotatable bonds is 4. The standard InChI is InChI=1S/C17H22N2O3/c20-16-15(19(17(21)22)11-12-9-10-12)8-4-7-14(18-16)13-5-2-1-3-6-13/h1-3,5-6,12,14-15H,4,7-11H2,(H,18,20)(H,21,22)/t14-,15-/m1/s1. The molecule has 3 rings (SSSR count). The normalized spacial score (nSPS) is 25.2. The van der Waals surface area contributed by atoms with E-state index in [2.05, 4.69) is 5.32 Å². The molecule has 0 bridgehead atoms. The second-order valence-electron chi connectivity index (χ2n) is 6.30. The number of hydrogen-bond donors (Lipinski definition) is 2. The average molecular weight is 302 g/mol. The van der Waals surface area contributed by atoms with Crippen molar-refractivity contribution in [1.82, 2.24) is 10.2 Å². The van der Waals surface area contributed by atoms with Crippen molar-refractivity contribution in [2.75, 3.05) is 6.54 Å². The van der Waals surface area contributed by atoms with Crippen molar-refractivity contribution in [2.45, 2.75) is 44.2 Å². The molecule has 2 atom stereocenters. The van der Waals surface area contributed by atoms with Crippen LogP contribution in [0.4, 0.5) is 4.79 Å². The summed E-state index contributed by atoms with van der Waals surface area (Å²) in [6.07, 6.45) is 3.47. The Hall–Kier alpha value is -2.04. The number of carboxylic acid groups (broad SMARTS) is 1. The molecule has 1 aromatic carbocycles. The molecule has 2 amide bonds. The third-order valence-corrected chi connectivity index (χ3v) is 4.57. The van der Waals surface area contributed by atoms with E-state index in [9.17, 15) is 14.7 Å². The molecule has 1 saturated carbocycles. The van der Waals surface area contributed by atoms with Crippen LogP contribution in [0.5, 0.6) is 0 Å². The lowest BCUT2D eigenvalue weighted by Gasteiger charge is -2.27. The lowest BCUT2D eigenvalue weighted by molar-refractivity contribution is -0.126. The Balaban J connectivity index is 1.71. The van der Waals surface area contributed by atoms with Crippen LogP contribution in [-0.4, -0.2) is 34.6 Å². The van der Waals surface area contributed by atoms with Crippen LogP contribution < -0.4 is 5.32 Å². The van der Waals surface area contributed by atoms with Gasteiger partial charge < -0.3 is 10.4 Å². The molecule has 22 heavy (non-hydrogen) atoms. The minimum absolute atomic E-state index is 0.0183. The number of hydrogen-bond acceptors (Lipinski definition) is 2. The van der Waals surface area contributed by atoms with Gasteiger partial charge in [-0.1, -0.05) is 30.3 Å². The van der Waals surface area contributed by atoms with E-state index in [0.29, 0.717) is 18.9 Å². The van der Waals surface area contributed by atoms with Crippen LogP contribution in [0.1, 0.15) is 43.7 Å². The molecule has 5 heteroatoms. The summed E-state index contributed by atoms with van der Waals surface area (Å²) in [5.74, 6) is 0.284. The molecule has 118 valence electrons. The zero-order chi connectivity index (χ0) is 15.5. The number of carbonyl (C=O) groups excluding carboxylic acids is 1. The molecule has 0 radical (unpaired) electrons. The topological polar surface area (TPSA) is 69.6 Å². The maximum Gasteiger partial charge on any atom is 0.407 e. The fraction of sp³-hybridized carbons (Fsp3) is 0.529. The Kier molecular flexibility index (Phi) is 4.32. The molecule has 1 aliphatic heterocycles. The fourth-order valence-electron chi connectivity index (χ4n) is 3.14. The summed E-state index contributed by atoms with van der Waals surface area (Å²) < 4.78 is 0. The predicted octanol–water partition coefficient (Wildman–Crippen LogP) is 2.79. The minimum Gasteiger partial charge on any atom is -0.465 e.